The number of rotatable bonds is 6. The molecule has 0 fully saturated rings. The first-order valence-electron chi connectivity index (χ1n) is 6.83. The highest BCUT2D eigenvalue weighted by Gasteiger charge is 2.31. The molecule has 0 radical (unpaired) electrons. The summed E-state index contributed by atoms with van der Waals surface area (Å²) in [7, 11) is 0. The molecule has 0 aliphatic carbocycles. The van der Waals surface area contributed by atoms with Crippen LogP contribution in [0.15, 0.2) is 24.3 Å². The van der Waals surface area contributed by atoms with Crippen molar-refractivity contribution in [3.05, 3.63) is 29.8 Å². The zero-order chi connectivity index (χ0) is 15.3. The average molecular weight is 289 g/mol. The molecule has 2 nitrogen and oxygen atoms in total. The predicted molar refractivity (Wildman–Crippen MR) is 73.8 cm³/mol. The van der Waals surface area contributed by atoms with Crippen LogP contribution in [0.4, 0.5) is 13.2 Å². The number of benzene rings is 1. The Morgan fingerprint density at radius 2 is 1.65 bits per heavy atom. The Kier molecular flexibility index (Phi) is 5.87. The van der Waals surface area contributed by atoms with Gasteiger partial charge in [0.2, 0.25) is 0 Å². The minimum atomic E-state index is -4.64. The standard InChI is InChI=1S/C15H22F3NO/c1-5-19-14(10(2)3)11(4)12-6-8-13(9-7-12)20-15(16,17)18/h6-11,14,19H,5H2,1-4H3. The molecule has 0 aliphatic heterocycles. The van der Waals surface area contributed by atoms with Crippen molar-refractivity contribution in [3.63, 3.8) is 0 Å². The molecule has 0 aromatic heterocycles. The summed E-state index contributed by atoms with van der Waals surface area (Å²) in [6, 6.07) is 6.40. The van der Waals surface area contributed by atoms with E-state index in [0.717, 1.165) is 12.1 Å². The summed E-state index contributed by atoms with van der Waals surface area (Å²) in [5, 5.41) is 3.42. The van der Waals surface area contributed by atoms with Crippen LogP contribution in [-0.2, 0) is 0 Å². The van der Waals surface area contributed by atoms with Crippen LogP contribution in [0.3, 0.4) is 0 Å². The molecule has 2 atom stereocenters. The van der Waals surface area contributed by atoms with Gasteiger partial charge in [0.25, 0.3) is 0 Å². The van der Waals surface area contributed by atoms with Crippen molar-refractivity contribution in [3.8, 4) is 5.75 Å². The van der Waals surface area contributed by atoms with Crippen molar-refractivity contribution in [1.29, 1.82) is 0 Å². The fraction of sp³-hybridized carbons (Fsp3) is 0.600. The summed E-state index contributed by atoms with van der Waals surface area (Å²) >= 11 is 0. The third-order valence-corrected chi connectivity index (χ3v) is 3.34. The van der Waals surface area contributed by atoms with Crippen molar-refractivity contribution in [2.75, 3.05) is 6.54 Å². The predicted octanol–water partition coefficient (Wildman–Crippen LogP) is 4.32. The summed E-state index contributed by atoms with van der Waals surface area (Å²) in [6.45, 7) is 9.24. The van der Waals surface area contributed by atoms with Crippen LogP contribution in [0.1, 0.15) is 39.2 Å². The van der Waals surface area contributed by atoms with E-state index in [1.807, 2.05) is 6.92 Å². The SMILES string of the molecule is CCNC(C(C)C)C(C)c1ccc(OC(F)(F)F)cc1. The molecule has 20 heavy (non-hydrogen) atoms. The van der Waals surface area contributed by atoms with Crippen molar-refractivity contribution in [2.24, 2.45) is 5.92 Å². The Hall–Kier alpha value is -1.23. The quantitative estimate of drug-likeness (QED) is 0.842. The highest BCUT2D eigenvalue weighted by molar-refractivity contribution is 5.30. The van der Waals surface area contributed by atoms with E-state index in [9.17, 15) is 13.2 Å². The minimum Gasteiger partial charge on any atom is -0.406 e. The van der Waals surface area contributed by atoms with E-state index in [0.29, 0.717) is 5.92 Å². The number of likely N-dealkylation sites (N-methyl/N-ethyl adjacent to an activating group) is 1. The number of ether oxygens (including phenoxy) is 1. The lowest BCUT2D eigenvalue weighted by Crippen LogP contribution is -2.38. The van der Waals surface area contributed by atoms with Gasteiger partial charge in [-0.05, 0) is 36.1 Å². The van der Waals surface area contributed by atoms with Crippen LogP contribution in [0.25, 0.3) is 0 Å². The van der Waals surface area contributed by atoms with Crippen molar-refractivity contribution >= 4 is 0 Å². The van der Waals surface area contributed by atoms with Crippen LogP contribution in [0.5, 0.6) is 5.75 Å². The Labute approximate surface area is 118 Å². The Morgan fingerprint density at radius 1 is 1.10 bits per heavy atom. The molecule has 1 aromatic rings. The normalized spacial score (nSPS) is 15.2. The number of alkyl halides is 3. The highest BCUT2D eigenvalue weighted by Crippen LogP contribution is 2.28. The minimum absolute atomic E-state index is 0.182. The zero-order valence-electron chi connectivity index (χ0n) is 12.3. The van der Waals surface area contributed by atoms with Gasteiger partial charge >= 0.3 is 6.36 Å². The van der Waals surface area contributed by atoms with E-state index in [-0.39, 0.29) is 17.7 Å². The van der Waals surface area contributed by atoms with Crippen LogP contribution < -0.4 is 10.1 Å². The summed E-state index contributed by atoms with van der Waals surface area (Å²) in [5.41, 5.74) is 0.999. The van der Waals surface area contributed by atoms with Gasteiger partial charge in [0.15, 0.2) is 0 Å². The second-order valence-corrected chi connectivity index (χ2v) is 5.23. The van der Waals surface area contributed by atoms with E-state index in [2.05, 4.69) is 30.8 Å². The molecule has 0 heterocycles. The topological polar surface area (TPSA) is 21.3 Å². The largest absolute Gasteiger partial charge is 0.573 e. The summed E-state index contributed by atoms with van der Waals surface area (Å²) in [4.78, 5) is 0. The first-order valence-corrected chi connectivity index (χ1v) is 6.83. The van der Waals surface area contributed by atoms with E-state index >= 15 is 0 Å². The summed E-state index contributed by atoms with van der Waals surface area (Å²) in [6.07, 6.45) is -4.64. The molecule has 0 amide bonds. The van der Waals surface area contributed by atoms with Crippen LogP contribution >= 0.6 is 0 Å². The zero-order valence-corrected chi connectivity index (χ0v) is 12.3. The van der Waals surface area contributed by atoms with Gasteiger partial charge in [-0.1, -0.05) is 39.8 Å². The van der Waals surface area contributed by atoms with Crippen molar-refractivity contribution in [1.82, 2.24) is 5.32 Å². The Morgan fingerprint density at radius 3 is 2.05 bits per heavy atom. The van der Waals surface area contributed by atoms with E-state index < -0.39 is 6.36 Å². The van der Waals surface area contributed by atoms with E-state index in [1.54, 1.807) is 12.1 Å². The van der Waals surface area contributed by atoms with Crippen molar-refractivity contribution in [2.45, 2.75) is 46.0 Å². The second kappa shape index (κ2) is 6.97. The lowest BCUT2D eigenvalue weighted by Gasteiger charge is -2.28. The molecule has 0 saturated carbocycles. The smallest absolute Gasteiger partial charge is 0.406 e. The van der Waals surface area contributed by atoms with Crippen LogP contribution in [0.2, 0.25) is 0 Å². The number of hydrogen-bond donors (Lipinski definition) is 1. The number of halogens is 3. The van der Waals surface area contributed by atoms with Gasteiger partial charge < -0.3 is 10.1 Å². The number of hydrogen-bond acceptors (Lipinski definition) is 2. The molecule has 1 N–H and O–H groups in total. The average Bonchev–Trinajstić information content (AvgIpc) is 2.33. The molecule has 0 bridgehead atoms. The van der Waals surface area contributed by atoms with Gasteiger partial charge in [-0.3, -0.25) is 0 Å². The maximum absolute atomic E-state index is 12.1. The first kappa shape index (κ1) is 16.8. The van der Waals surface area contributed by atoms with Crippen LogP contribution in [-0.4, -0.2) is 18.9 Å². The van der Waals surface area contributed by atoms with Gasteiger partial charge in [0.05, 0.1) is 0 Å². The highest BCUT2D eigenvalue weighted by atomic mass is 19.4. The third-order valence-electron chi connectivity index (χ3n) is 3.34. The molecule has 0 spiro atoms. The molecule has 0 saturated heterocycles. The van der Waals surface area contributed by atoms with Gasteiger partial charge in [-0.2, -0.15) is 0 Å². The first-order chi connectivity index (χ1) is 9.24. The molecule has 2 unspecified atom stereocenters. The third kappa shape index (κ3) is 5.04. The monoisotopic (exact) mass is 289 g/mol. The van der Waals surface area contributed by atoms with Crippen LogP contribution in [0, 0.1) is 5.92 Å². The maximum Gasteiger partial charge on any atom is 0.573 e. The lowest BCUT2D eigenvalue weighted by molar-refractivity contribution is -0.274. The van der Waals surface area contributed by atoms with Crippen molar-refractivity contribution < 1.29 is 17.9 Å². The lowest BCUT2D eigenvalue weighted by atomic mass is 9.86. The number of nitrogens with one attached hydrogen (secondary N) is 1. The molecule has 1 rings (SSSR count). The second-order valence-electron chi connectivity index (χ2n) is 5.23. The molecular formula is C15H22F3NO. The summed E-state index contributed by atoms with van der Waals surface area (Å²) in [5.74, 6) is 0.476. The maximum atomic E-state index is 12.1. The Balaban J connectivity index is 2.81. The summed E-state index contributed by atoms with van der Waals surface area (Å²) < 4.78 is 40.2. The molecule has 5 heteroatoms. The fourth-order valence-corrected chi connectivity index (χ4v) is 2.41. The Bertz CT molecular complexity index is 401. The van der Waals surface area contributed by atoms with Gasteiger partial charge in [-0.15, -0.1) is 13.2 Å². The molecular weight excluding hydrogens is 267 g/mol. The molecule has 0 aliphatic rings. The van der Waals surface area contributed by atoms with E-state index in [1.165, 1.54) is 12.1 Å². The van der Waals surface area contributed by atoms with E-state index in [4.69, 9.17) is 0 Å². The fourth-order valence-electron chi connectivity index (χ4n) is 2.41. The van der Waals surface area contributed by atoms with Gasteiger partial charge in [0.1, 0.15) is 5.75 Å². The molecule has 114 valence electrons. The van der Waals surface area contributed by atoms with Gasteiger partial charge in [-0.25, -0.2) is 0 Å². The molecule has 1 aromatic carbocycles. The van der Waals surface area contributed by atoms with Gasteiger partial charge in [0, 0.05) is 6.04 Å².